The fourth-order valence-electron chi connectivity index (χ4n) is 3.65. The second kappa shape index (κ2) is 5.75. The van der Waals surface area contributed by atoms with Gasteiger partial charge in [-0.05, 0) is 32.4 Å². The van der Waals surface area contributed by atoms with Crippen LogP contribution >= 0.6 is 0 Å². The summed E-state index contributed by atoms with van der Waals surface area (Å²) in [5.74, 6) is -0.508. The van der Waals surface area contributed by atoms with E-state index in [1.165, 1.54) is 9.21 Å². The topological polar surface area (TPSA) is 101 Å². The first-order valence-corrected chi connectivity index (χ1v) is 9.66. The van der Waals surface area contributed by atoms with Crippen molar-refractivity contribution in [1.82, 2.24) is 14.4 Å². The minimum absolute atomic E-state index is 0.0560. The second-order valence-electron chi connectivity index (χ2n) is 6.48. The van der Waals surface area contributed by atoms with Crippen LogP contribution in [0.15, 0.2) is 33.7 Å². The number of benzene rings is 1. The zero-order valence-electron chi connectivity index (χ0n) is 14.3. The summed E-state index contributed by atoms with van der Waals surface area (Å²) in [6, 6.07) is 6.15. The van der Waals surface area contributed by atoms with Crippen molar-refractivity contribution in [1.29, 1.82) is 0 Å². The van der Waals surface area contributed by atoms with Crippen LogP contribution in [0.2, 0.25) is 0 Å². The molecule has 3 heterocycles. The average Bonchev–Trinajstić information content (AvgIpc) is 3.27. The van der Waals surface area contributed by atoms with Crippen molar-refractivity contribution in [2.24, 2.45) is 0 Å². The molecule has 2 amide bonds. The lowest BCUT2D eigenvalue weighted by molar-refractivity contribution is 0.0593. The lowest BCUT2D eigenvalue weighted by Gasteiger charge is -2.22. The zero-order valence-corrected chi connectivity index (χ0v) is 15.1. The number of aryl methyl sites for hydroxylation is 2. The van der Waals surface area contributed by atoms with E-state index in [4.69, 9.17) is 4.52 Å². The van der Waals surface area contributed by atoms with Crippen LogP contribution in [0.25, 0.3) is 0 Å². The van der Waals surface area contributed by atoms with E-state index < -0.39 is 16.1 Å². The highest BCUT2D eigenvalue weighted by Gasteiger charge is 2.45. The van der Waals surface area contributed by atoms with Crippen LogP contribution in [0.4, 0.5) is 0 Å². The van der Waals surface area contributed by atoms with Crippen LogP contribution in [0.3, 0.4) is 0 Å². The molecular weight excluding hydrogens is 358 g/mol. The lowest BCUT2D eigenvalue weighted by atomic mass is 10.1. The minimum atomic E-state index is -3.79. The highest BCUT2D eigenvalue weighted by atomic mass is 32.2. The molecule has 1 aromatic carbocycles. The number of fused-ring (bicyclic) bond motifs is 1. The van der Waals surface area contributed by atoms with Crippen LogP contribution in [-0.2, 0) is 10.0 Å². The highest BCUT2D eigenvalue weighted by molar-refractivity contribution is 7.89. The summed E-state index contributed by atoms with van der Waals surface area (Å²) in [7, 11) is -3.79. The predicted molar refractivity (Wildman–Crippen MR) is 90.1 cm³/mol. The van der Waals surface area contributed by atoms with Gasteiger partial charge in [0.2, 0.25) is 10.0 Å². The molecule has 1 fully saturated rings. The Hall–Kier alpha value is -2.52. The highest BCUT2D eigenvalue weighted by Crippen LogP contribution is 2.31. The fourth-order valence-corrected chi connectivity index (χ4v) is 5.43. The number of nitrogens with zero attached hydrogens (tertiary/aromatic N) is 3. The quantitative estimate of drug-likeness (QED) is 0.751. The van der Waals surface area contributed by atoms with Gasteiger partial charge in [0.05, 0.1) is 17.2 Å². The number of aromatic nitrogens is 1. The SMILES string of the molecule is Cc1noc(C)c1S(=O)(=O)N1CCC(N2C(=O)c3ccccc3C2=O)C1. The molecule has 0 spiro atoms. The summed E-state index contributed by atoms with van der Waals surface area (Å²) in [5, 5.41) is 3.70. The van der Waals surface area contributed by atoms with Gasteiger partial charge in [0.25, 0.3) is 11.8 Å². The average molecular weight is 375 g/mol. The van der Waals surface area contributed by atoms with E-state index in [1.807, 2.05) is 0 Å². The largest absolute Gasteiger partial charge is 0.360 e. The number of amides is 2. The molecule has 2 aliphatic heterocycles. The Morgan fingerprint density at radius 2 is 1.73 bits per heavy atom. The summed E-state index contributed by atoms with van der Waals surface area (Å²) in [4.78, 5) is 26.4. The Bertz CT molecular complexity index is 972. The molecule has 1 saturated heterocycles. The van der Waals surface area contributed by atoms with Gasteiger partial charge in [0.15, 0.2) is 5.76 Å². The number of sulfonamides is 1. The Morgan fingerprint density at radius 1 is 1.12 bits per heavy atom. The second-order valence-corrected chi connectivity index (χ2v) is 8.36. The third-order valence-electron chi connectivity index (χ3n) is 4.88. The van der Waals surface area contributed by atoms with Crippen molar-refractivity contribution < 1.29 is 22.5 Å². The normalized spacial score (nSPS) is 20.8. The molecule has 8 nitrogen and oxygen atoms in total. The molecule has 0 radical (unpaired) electrons. The monoisotopic (exact) mass is 375 g/mol. The molecule has 0 aliphatic carbocycles. The van der Waals surface area contributed by atoms with E-state index in [0.29, 0.717) is 23.2 Å². The van der Waals surface area contributed by atoms with Gasteiger partial charge >= 0.3 is 0 Å². The number of carbonyl (C=O) groups is 2. The van der Waals surface area contributed by atoms with Crippen molar-refractivity contribution in [2.45, 2.75) is 31.2 Å². The summed E-state index contributed by atoms with van der Waals surface area (Å²) >= 11 is 0. The van der Waals surface area contributed by atoms with Gasteiger partial charge < -0.3 is 4.52 Å². The van der Waals surface area contributed by atoms with Crippen molar-refractivity contribution in [3.8, 4) is 0 Å². The molecule has 0 bridgehead atoms. The van der Waals surface area contributed by atoms with Gasteiger partial charge in [0, 0.05) is 13.1 Å². The Morgan fingerprint density at radius 3 is 2.27 bits per heavy atom. The molecule has 1 atom stereocenters. The Kier molecular flexibility index (Phi) is 3.74. The van der Waals surface area contributed by atoms with E-state index in [-0.39, 0.29) is 35.6 Å². The first-order valence-electron chi connectivity index (χ1n) is 8.22. The molecule has 26 heavy (non-hydrogen) atoms. The van der Waals surface area contributed by atoms with E-state index in [9.17, 15) is 18.0 Å². The molecule has 2 aromatic rings. The maximum absolute atomic E-state index is 12.9. The van der Waals surface area contributed by atoms with Gasteiger partial charge in [-0.3, -0.25) is 14.5 Å². The Labute approximate surface area is 150 Å². The van der Waals surface area contributed by atoms with Crippen molar-refractivity contribution in [3.05, 3.63) is 46.8 Å². The molecule has 9 heteroatoms. The molecule has 4 rings (SSSR count). The predicted octanol–water partition coefficient (Wildman–Crippen LogP) is 1.35. The molecule has 136 valence electrons. The number of imide groups is 1. The van der Waals surface area contributed by atoms with Crippen molar-refractivity contribution in [2.75, 3.05) is 13.1 Å². The number of rotatable bonds is 3. The molecule has 2 aliphatic rings. The van der Waals surface area contributed by atoms with Crippen molar-refractivity contribution >= 4 is 21.8 Å². The van der Waals surface area contributed by atoms with Crippen LogP contribution < -0.4 is 0 Å². The van der Waals surface area contributed by atoms with E-state index in [0.717, 1.165) is 0 Å². The first kappa shape index (κ1) is 16.9. The zero-order chi connectivity index (χ0) is 18.6. The molecule has 0 saturated carbocycles. The number of hydrogen-bond donors (Lipinski definition) is 0. The van der Waals surface area contributed by atoms with Crippen LogP contribution in [0.1, 0.15) is 38.6 Å². The van der Waals surface area contributed by atoms with Crippen LogP contribution in [-0.4, -0.2) is 53.7 Å². The van der Waals surface area contributed by atoms with Gasteiger partial charge in [-0.25, -0.2) is 8.42 Å². The molecular formula is C17H17N3O5S. The summed E-state index contributed by atoms with van der Waals surface area (Å²) in [5.41, 5.74) is 1.03. The van der Waals surface area contributed by atoms with E-state index in [1.54, 1.807) is 38.1 Å². The fraction of sp³-hybridized carbons (Fsp3) is 0.353. The third kappa shape index (κ3) is 2.31. The van der Waals surface area contributed by atoms with Gasteiger partial charge in [-0.2, -0.15) is 4.31 Å². The molecule has 0 N–H and O–H groups in total. The summed E-state index contributed by atoms with van der Waals surface area (Å²) in [6.45, 7) is 3.41. The third-order valence-corrected chi connectivity index (χ3v) is 6.99. The van der Waals surface area contributed by atoms with E-state index >= 15 is 0 Å². The molecule has 1 aromatic heterocycles. The molecule has 1 unspecified atom stereocenters. The Balaban J connectivity index is 1.61. The van der Waals surface area contributed by atoms with Gasteiger partial charge in [-0.15, -0.1) is 0 Å². The van der Waals surface area contributed by atoms with Crippen LogP contribution in [0, 0.1) is 13.8 Å². The van der Waals surface area contributed by atoms with Gasteiger partial charge in [0.1, 0.15) is 10.6 Å². The maximum atomic E-state index is 12.9. The maximum Gasteiger partial charge on any atom is 0.261 e. The van der Waals surface area contributed by atoms with Crippen molar-refractivity contribution in [3.63, 3.8) is 0 Å². The minimum Gasteiger partial charge on any atom is -0.360 e. The van der Waals surface area contributed by atoms with Gasteiger partial charge in [-0.1, -0.05) is 17.3 Å². The summed E-state index contributed by atoms with van der Waals surface area (Å²) < 4.78 is 32.1. The first-order chi connectivity index (χ1) is 12.3. The van der Waals surface area contributed by atoms with E-state index in [2.05, 4.69) is 5.16 Å². The number of hydrogen-bond acceptors (Lipinski definition) is 6. The lowest BCUT2D eigenvalue weighted by Crippen LogP contribution is -2.42. The standard InChI is InChI=1S/C17H17N3O5S/c1-10-15(11(2)25-18-10)26(23,24)19-8-7-12(9-19)20-16(21)13-5-3-4-6-14(13)17(20)22/h3-6,12H,7-9H2,1-2H3. The number of carbonyl (C=O) groups excluding carboxylic acids is 2. The smallest absolute Gasteiger partial charge is 0.261 e. The summed E-state index contributed by atoms with van der Waals surface area (Å²) in [6.07, 6.45) is 0.397. The van der Waals surface area contributed by atoms with Crippen LogP contribution in [0.5, 0.6) is 0 Å².